The quantitative estimate of drug-likeness (QED) is 0.422. The third-order valence-electron chi connectivity index (χ3n) is 7.46. The Kier molecular flexibility index (Phi) is 5.27. The van der Waals surface area contributed by atoms with E-state index in [1.807, 2.05) is 6.20 Å². The number of morpholine rings is 1. The van der Waals surface area contributed by atoms with Gasteiger partial charge in [-0.05, 0) is 42.2 Å². The highest BCUT2D eigenvalue weighted by Gasteiger charge is 2.27. The number of ether oxygens (including phenoxy) is 2. The van der Waals surface area contributed by atoms with Gasteiger partial charge >= 0.3 is 0 Å². The van der Waals surface area contributed by atoms with Crippen LogP contribution in [0.3, 0.4) is 0 Å². The van der Waals surface area contributed by atoms with Crippen molar-refractivity contribution in [2.45, 2.75) is 26.0 Å². The number of nitrogens with zero attached hydrogens (tertiary/aromatic N) is 5. The highest BCUT2D eigenvalue weighted by atomic mass is 16.5. The normalized spacial score (nSPS) is 18.3. The Labute approximate surface area is 209 Å². The van der Waals surface area contributed by atoms with Crippen LogP contribution >= 0.6 is 0 Å². The predicted octanol–water partition coefficient (Wildman–Crippen LogP) is 3.98. The number of hydrogen-bond acceptors (Lipinski definition) is 8. The summed E-state index contributed by atoms with van der Waals surface area (Å²) in [6.45, 7) is 7.73. The van der Waals surface area contributed by atoms with E-state index in [1.165, 1.54) is 16.7 Å². The number of methoxy groups -OCH3 is 1. The molecular formula is C28H29N5O3. The second-order valence-electron chi connectivity index (χ2n) is 9.99. The van der Waals surface area contributed by atoms with E-state index >= 15 is 0 Å². The maximum absolute atomic E-state index is 6.31. The molecule has 3 aliphatic rings. The van der Waals surface area contributed by atoms with Crippen LogP contribution in [-0.2, 0) is 22.4 Å². The lowest BCUT2D eigenvalue weighted by Crippen LogP contribution is -2.50. The Morgan fingerprint density at radius 1 is 1.11 bits per heavy atom. The van der Waals surface area contributed by atoms with Gasteiger partial charge in [0.2, 0.25) is 5.71 Å². The number of allylic oxidation sites excluding steroid dienone is 1. The molecule has 0 bridgehead atoms. The summed E-state index contributed by atoms with van der Waals surface area (Å²) in [6.07, 6.45) is 7.59. The Hall–Kier alpha value is -3.33. The minimum atomic E-state index is 0.327. The molecule has 8 heteroatoms. The summed E-state index contributed by atoms with van der Waals surface area (Å²) in [4.78, 5) is 19.5. The maximum Gasteiger partial charge on any atom is 0.229 e. The van der Waals surface area contributed by atoms with E-state index in [9.17, 15) is 0 Å². The highest BCUT2D eigenvalue weighted by Crippen LogP contribution is 2.37. The van der Waals surface area contributed by atoms with Gasteiger partial charge in [0, 0.05) is 51.6 Å². The van der Waals surface area contributed by atoms with Gasteiger partial charge in [0.25, 0.3) is 0 Å². The second kappa shape index (κ2) is 8.65. The fourth-order valence-electron chi connectivity index (χ4n) is 5.54. The van der Waals surface area contributed by atoms with Crippen molar-refractivity contribution in [1.29, 1.82) is 0 Å². The lowest BCUT2D eigenvalue weighted by molar-refractivity contribution is -0.0334. The molecule has 1 aromatic carbocycles. The lowest BCUT2D eigenvalue weighted by atomic mass is 9.99. The van der Waals surface area contributed by atoms with Crippen LogP contribution in [0, 0.1) is 6.92 Å². The number of pyridine rings is 1. The van der Waals surface area contributed by atoms with Gasteiger partial charge in [0.05, 0.1) is 24.7 Å². The topological polar surface area (TPSA) is 76.8 Å². The number of hydrogen-bond donors (Lipinski definition) is 0. The highest BCUT2D eigenvalue weighted by molar-refractivity contribution is 6.05. The Bertz CT molecular complexity index is 1500. The van der Waals surface area contributed by atoms with Gasteiger partial charge in [0.1, 0.15) is 5.52 Å². The molecule has 5 heterocycles. The van der Waals surface area contributed by atoms with Crippen molar-refractivity contribution in [2.24, 2.45) is 0 Å². The molecule has 4 aromatic rings. The molecule has 1 aliphatic carbocycles. The molecule has 2 saturated heterocycles. The molecule has 7 rings (SSSR count). The van der Waals surface area contributed by atoms with Crippen molar-refractivity contribution in [2.75, 3.05) is 51.4 Å². The zero-order chi connectivity index (χ0) is 24.2. The first-order valence-corrected chi connectivity index (χ1v) is 12.6. The number of benzene rings is 1. The Morgan fingerprint density at radius 3 is 2.81 bits per heavy atom. The van der Waals surface area contributed by atoms with E-state index in [2.05, 4.69) is 52.1 Å². The predicted molar refractivity (Wildman–Crippen MR) is 139 cm³/mol. The summed E-state index contributed by atoms with van der Waals surface area (Å²) in [5.74, 6) is 1.55. The van der Waals surface area contributed by atoms with E-state index in [-0.39, 0.29) is 0 Å². The van der Waals surface area contributed by atoms with Crippen LogP contribution in [0.5, 0.6) is 0 Å². The van der Waals surface area contributed by atoms with Crippen LogP contribution in [0.1, 0.15) is 22.3 Å². The molecule has 184 valence electrons. The summed E-state index contributed by atoms with van der Waals surface area (Å²) in [5, 5.41) is 0.935. The van der Waals surface area contributed by atoms with Crippen molar-refractivity contribution in [1.82, 2.24) is 19.9 Å². The average Bonchev–Trinajstić information content (AvgIpc) is 3.49. The number of rotatable bonds is 5. The molecule has 0 atom stereocenters. The third kappa shape index (κ3) is 3.68. The number of aromatic nitrogens is 3. The van der Waals surface area contributed by atoms with Gasteiger partial charge in [-0.15, -0.1) is 0 Å². The Morgan fingerprint density at radius 2 is 1.97 bits per heavy atom. The van der Waals surface area contributed by atoms with Gasteiger partial charge in [0.15, 0.2) is 17.2 Å². The SMILES string of the molecule is COC1CN(Cc2cnc3oc4c(N5CCOCC5)nc(-c5cc(C)cc6c5C=CC6)nc4c3c2)C1. The van der Waals surface area contributed by atoms with Crippen molar-refractivity contribution in [3.05, 3.63) is 52.7 Å². The van der Waals surface area contributed by atoms with Crippen molar-refractivity contribution < 1.29 is 13.9 Å². The minimum Gasteiger partial charge on any atom is -0.432 e. The second-order valence-corrected chi connectivity index (χ2v) is 9.99. The van der Waals surface area contributed by atoms with Crippen molar-refractivity contribution in [3.63, 3.8) is 0 Å². The summed E-state index contributed by atoms with van der Waals surface area (Å²) in [6, 6.07) is 6.63. The number of likely N-dealkylation sites (tertiary alicyclic amines) is 1. The van der Waals surface area contributed by atoms with Crippen molar-refractivity contribution in [3.8, 4) is 11.4 Å². The standard InChI is InChI=1S/C28H29N5O3/c1-17-10-19-4-3-5-21(19)22(11-17)26-30-24-23-12-18(14-32-15-20(16-32)34-2)13-29-28(23)36-25(24)27(31-26)33-6-8-35-9-7-33/h3,5,10-13,20H,4,6-9,14-16H2,1-2H3. The van der Waals surface area contributed by atoms with Crippen LogP contribution in [0.15, 0.2) is 34.9 Å². The number of aryl methyl sites for hydroxylation is 1. The molecule has 0 saturated carbocycles. The van der Waals surface area contributed by atoms with Gasteiger partial charge < -0.3 is 18.8 Å². The van der Waals surface area contributed by atoms with E-state index in [1.54, 1.807) is 7.11 Å². The van der Waals surface area contributed by atoms with Gasteiger partial charge in [-0.25, -0.2) is 15.0 Å². The van der Waals surface area contributed by atoms with Gasteiger partial charge in [-0.2, -0.15) is 0 Å². The largest absolute Gasteiger partial charge is 0.432 e. The Balaban J connectivity index is 1.39. The zero-order valence-electron chi connectivity index (χ0n) is 20.7. The fourth-order valence-corrected chi connectivity index (χ4v) is 5.54. The number of furan rings is 1. The summed E-state index contributed by atoms with van der Waals surface area (Å²) < 4.78 is 17.4. The molecule has 0 N–H and O–H groups in total. The van der Waals surface area contributed by atoms with Crippen LogP contribution in [0.25, 0.3) is 39.7 Å². The summed E-state index contributed by atoms with van der Waals surface area (Å²) in [7, 11) is 1.77. The van der Waals surface area contributed by atoms with Crippen molar-refractivity contribution >= 4 is 34.1 Å². The molecule has 2 aliphatic heterocycles. The molecule has 36 heavy (non-hydrogen) atoms. The van der Waals surface area contributed by atoms with E-state index in [4.69, 9.17) is 23.9 Å². The molecule has 0 amide bonds. The average molecular weight is 484 g/mol. The molecule has 0 unspecified atom stereocenters. The van der Waals surface area contributed by atoms with Crippen LogP contribution < -0.4 is 4.90 Å². The van der Waals surface area contributed by atoms with E-state index in [0.29, 0.717) is 30.6 Å². The van der Waals surface area contributed by atoms with Crippen LogP contribution in [0.2, 0.25) is 0 Å². The zero-order valence-corrected chi connectivity index (χ0v) is 20.7. The smallest absolute Gasteiger partial charge is 0.229 e. The summed E-state index contributed by atoms with van der Waals surface area (Å²) in [5.41, 5.74) is 8.09. The molecule has 8 nitrogen and oxygen atoms in total. The molecule has 0 radical (unpaired) electrons. The maximum atomic E-state index is 6.31. The van der Waals surface area contributed by atoms with E-state index in [0.717, 1.165) is 72.8 Å². The molecule has 3 aromatic heterocycles. The first kappa shape index (κ1) is 21.9. The number of fused-ring (bicyclic) bond motifs is 4. The molecular weight excluding hydrogens is 454 g/mol. The van der Waals surface area contributed by atoms with Gasteiger partial charge in [-0.1, -0.05) is 23.8 Å². The first-order chi connectivity index (χ1) is 17.7. The monoisotopic (exact) mass is 483 g/mol. The van der Waals surface area contributed by atoms with Crippen LogP contribution in [-0.4, -0.2) is 72.5 Å². The van der Waals surface area contributed by atoms with Gasteiger partial charge in [-0.3, -0.25) is 4.90 Å². The molecule has 2 fully saturated rings. The first-order valence-electron chi connectivity index (χ1n) is 12.6. The lowest BCUT2D eigenvalue weighted by Gasteiger charge is -2.38. The number of anilines is 1. The third-order valence-corrected chi connectivity index (χ3v) is 7.46. The fraction of sp³-hybridized carbons (Fsp3) is 0.393. The molecule has 0 spiro atoms. The van der Waals surface area contributed by atoms with E-state index < -0.39 is 0 Å². The summed E-state index contributed by atoms with van der Waals surface area (Å²) >= 11 is 0. The van der Waals surface area contributed by atoms with Crippen LogP contribution in [0.4, 0.5) is 5.82 Å². The minimum absolute atomic E-state index is 0.327.